The van der Waals surface area contributed by atoms with Crippen molar-refractivity contribution in [2.24, 2.45) is 11.1 Å². The number of amides is 1. The summed E-state index contributed by atoms with van der Waals surface area (Å²) in [5, 5.41) is 5.00. The summed E-state index contributed by atoms with van der Waals surface area (Å²) in [6.07, 6.45) is 1.93. The van der Waals surface area contributed by atoms with Crippen LogP contribution in [0.1, 0.15) is 35.7 Å². The van der Waals surface area contributed by atoms with Gasteiger partial charge in [0.15, 0.2) is 0 Å². The summed E-state index contributed by atoms with van der Waals surface area (Å²) in [7, 11) is -4.20. The zero-order valence-corrected chi connectivity index (χ0v) is 12.9. The van der Waals surface area contributed by atoms with E-state index >= 15 is 0 Å². The number of nitrogens with two attached hydrogens (primary N) is 1. The van der Waals surface area contributed by atoms with Crippen LogP contribution in [0.4, 0.5) is 4.39 Å². The SMILES string of the molecule is CCC1CCN(C(=O)c2cc(C)c(F)c(S(N)(=O)=O)c2)C1. The van der Waals surface area contributed by atoms with Crippen LogP contribution in [0, 0.1) is 18.7 Å². The molecule has 1 amide bonds. The fraction of sp³-hybridized carbons (Fsp3) is 0.500. The minimum atomic E-state index is -4.20. The first-order valence-electron chi connectivity index (χ1n) is 6.86. The minimum absolute atomic E-state index is 0.0936. The molecule has 0 saturated carbocycles. The summed E-state index contributed by atoms with van der Waals surface area (Å²) >= 11 is 0. The number of likely N-dealkylation sites (tertiary alicyclic amines) is 1. The van der Waals surface area contributed by atoms with Crippen LogP contribution in [0.5, 0.6) is 0 Å². The van der Waals surface area contributed by atoms with Crippen molar-refractivity contribution in [3.8, 4) is 0 Å². The van der Waals surface area contributed by atoms with Crippen molar-refractivity contribution in [1.29, 1.82) is 0 Å². The van der Waals surface area contributed by atoms with E-state index in [1.807, 2.05) is 0 Å². The van der Waals surface area contributed by atoms with Crippen LogP contribution in [0.25, 0.3) is 0 Å². The Kier molecular flexibility index (Phi) is 4.34. The van der Waals surface area contributed by atoms with Gasteiger partial charge < -0.3 is 4.90 Å². The maximum atomic E-state index is 13.9. The largest absolute Gasteiger partial charge is 0.338 e. The molecule has 1 saturated heterocycles. The van der Waals surface area contributed by atoms with Gasteiger partial charge in [0, 0.05) is 18.7 Å². The summed E-state index contributed by atoms with van der Waals surface area (Å²) in [6.45, 7) is 4.77. The highest BCUT2D eigenvalue weighted by Gasteiger charge is 2.27. The van der Waals surface area contributed by atoms with Crippen LogP contribution in [-0.4, -0.2) is 32.3 Å². The Morgan fingerprint density at radius 1 is 1.48 bits per heavy atom. The van der Waals surface area contributed by atoms with E-state index < -0.39 is 20.7 Å². The Morgan fingerprint density at radius 2 is 2.14 bits per heavy atom. The van der Waals surface area contributed by atoms with Crippen LogP contribution in [-0.2, 0) is 10.0 Å². The highest BCUT2D eigenvalue weighted by Crippen LogP contribution is 2.24. The van der Waals surface area contributed by atoms with E-state index in [4.69, 9.17) is 5.14 Å². The van der Waals surface area contributed by atoms with Crippen molar-refractivity contribution in [2.75, 3.05) is 13.1 Å². The molecule has 1 unspecified atom stereocenters. The molecule has 2 rings (SSSR count). The van der Waals surface area contributed by atoms with Crippen molar-refractivity contribution < 1.29 is 17.6 Å². The molecule has 1 atom stereocenters. The molecular weight excluding hydrogens is 295 g/mol. The first-order valence-corrected chi connectivity index (χ1v) is 8.41. The van der Waals surface area contributed by atoms with E-state index in [0.29, 0.717) is 19.0 Å². The molecule has 0 bridgehead atoms. The number of nitrogens with zero attached hydrogens (tertiary/aromatic N) is 1. The van der Waals surface area contributed by atoms with Crippen molar-refractivity contribution in [2.45, 2.75) is 31.6 Å². The Balaban J connectivity index is 2.37. The number of carbonyl (C=O) groups excluding carboxylic acids is 1. The summed E-state index contributed by atoms with van der Waals surface area (Å²) in [5.74, 6) is -0.714. The quantitative estimate of drug-likeness (QED) is 0.921. The molecular formula is C14H19FN2O3S. The first kappa shape index (κ1) is 15.9. The summed E-state index contributed by atoms with van der Waals surface area (Å²) in [4.78, 5) is 13.5. The number of aryl methyl sites for hydroxylation is 1. The third-order valence-electron chi connectivity index (χ3n) is 3.93. The molecule has 1 heterocycles. The van der Waals surface area contributed by atoms with Gasteiger partial charge >= 0.3 is 0 Å². The van der Waals surface area contributed by atoms with Gasteiger partial charge in [0.1, 0.15) is 10.7 Å². The third kappa shape index (κ3) is 3.24. The second-order valence-corrected chi connectivity index (χ2v) is 6.99. The van der Waals surface area contributed by atoms with Crippen molar-refractivity contribution in [3.63, 3.8) is 0 Å². The molecule has 0 aliphatic carbocycles. The van der Waals surface area contributed by atoms with Crippen LogP contribution in [0.2, 0.25) is 0 Å². The van der Waals surface area contributed by atoms with Crippen LogP contribution >= 0.6 is 0 Å². The summed E-state index contributed by atoms with van der Waals surface area (Å²) < 4.78 is 36.7. The van der Waals surface area contributed by atoms with Gasteiger partial charge in [0.05, 0.1) is 0 Å². The molecule has 1 aliphatic heterocycles. The molecule has 1 aliphatic rings. The first-order chi connectivity index (χ1) is 9.74. The number of rotatable bonds is 3. The second-order valence-electron chi connectivity index (χ2n) is 5.46. The van der Waals surface area contributed by atoms with E-state index in [1.54, 1.807) is 4.90 Å². The minimum Gasteiger partial charge on any atom is -0.338 e. The predicted molar refractivity (Wildman–Crippen MR) is 76.8 cm³/mol. The zero-order chi connectivity index (χ0) is 15.8. The van der Waals surface area contributed by atoms with Gasteiger partial charge in [0.2, 0.25) is 10.0 Å². The topological polar surface area (TPSA) is 80.5 Å². The lowest BCUT2D eigenvalue weighted by Gasteiger charge is -2.17. The van der Waals surface area contributed by atoms with E-state index in [-0.39, 0.29) is 17.0 Å². The normalized spacial score (nSPS) is 19.0. The van der Waals surface area contributed by atoms with Gasteiger partial charge in [0.25, 0.3) is 5.91 Å². The van der Waals surface area contributed by atoms with E-state index in [1.165, 1.54) is 13.0 Å². The average molecular weight is 314 g/mol. The Labute approximate surface area is 124 Å². The van der Waals surface area contributed by atoms with E-state index in [9.17, 15) is 17.6 Å². The zero-order valence-electron chi connectivity index (χ0n) is 12.1. The lowest BCUT2D eigenvalue weighted by atomic mass is 10.1. The van der Waals surface area contributed by atoms with E-state index in [2.05, 4.69) is 6.92 Å². The number of primary sulfonamides is 1. The van der Waals surface area contributed by atoms with Gasteiger partial charge in [-0.3, -0.25) is 4.79 Å². The molecule has 5 nitrogen and oxygen atoms in total. The number of benzene rings is 1. The van der Waals surface area contributed by atoms with Gasteiger partial charge in [-0.15, -0.1) is 0 Å². The molecule has 2 N–H and O–H groups in total. The number of sulfonamides is 1. The number of carbonyl (C=O) groups is 1. The van der Waals surface area contributed by atoms with Crippen LogP contribution in [0.15, 0.2) is 17.0 Å². The van der Waals surface area contributed by atoms with Crippen molar-refractivity contribution in [3.05, 3.63) is 29.1 Å². The number of hydrogen-bond donors (Lipinski definition) is 1. The molecule has 1 aromatic rings. The van der Waals surface area contributed by atoms with Gasteiger partial charge in [-0.2, -0.15) is 0 Å². The molecule has 7 heteroatoms. The van der Waals surface area contributed by atoms with Gasteiger partial charge in [-0.25, -0.2) is 17.9 Å². The van der Waals surface area contributed by atoms with Gasteiger partial charge in [-0.1, -0.05) is 13.3 Å². The highest BCUT2D eigenvalue weighted by molar-refractivity contribution is 7.89. The lowest BCUT2D eigenvalue weighted by molar-refractivity contribution is 0.0786. The standard InChI is InChI=1S/C14H19FN2O3S/c1-3-10-4-5-17(8-10)14(18)11-6-9(2)13(15)12(7-11)21(16,19)20/h6-7,10H,3-5,8H2,1-2H3,(H2,16,19,20). The molecule has 21 heavy (non-hydrogen) atoms. The molecule has 1 aromatic carbocycles. The molecule has 0 spiro atoms. The number of halogens is 1. The molecule has 0 radical (unpaired) electrons. The Bertz CT molecular complexity index is 673. The lowest BCUT2D eigenvalue weighted by Crippen LogP contribution is -2.29. The van der Waals surface area contributed by atoms with Crippen LogP contribution in [0.3, 0.4) is 0 Å². The Morgan fingerprint density at radius 3 is 2.67 bits per heavy atom. The fourth-order valence-corrected chi connectivity index (χ4v) is 3.30. The third-order valence-corrected chi connectivity index (χ3v) is 4.84. The maximum absolute atomic E-state index is 13.9. The van der Waals surface area contributed by atoms with Crippen molar-refractivity contribution in [1.82, 2.24) is 4.90 Å². The van der Waals surface area contributed by atoms with Gasteiger partial charge in [-0.05, 0) is 37.0 Å². The van der Waals surface area contributed by atoms with Crippen molar-refractivity contribution >= 4 is 15.9 Å². The fourth-order valence-electron chi connectivity index (χ4n) is 2.60. The average Bonchev–Trinajstić information content (AvgIpc) is 2.88. The molecule has 116 valence electrons. The monoisotopic (exact) mass is 314 g/mol. The summed E-state index contributed by atoms with van der Waals surface area (Å²) in [5.41, 5.74) is 0.255. The number of hydrogen-bond acceptors (Lipinski definition) is 3. The van der Waals surface area contributed by atoms with Crippen LogP contribution < -0.4 is 5.14 Å². The molecule has 0 aromatic heterocycles. The molecule has 1 fully saturated rings. The van der Waals surface area contributed by atoms with E-state index in [0.717, 1.165) is 18.9 Å². The Hall–Kier alpha value is -1.47. The maximum Gasteiger partial charge on any atom is 0.253 e. The predicted octanol–water partition coefficient (Wildman–Crippen LogP) is 1.65. The summed E-state index contributed by atoms with van der Waals surface area (Å²) in [6, 6.07) is 2.39. The highest BCUT2D eigenvalue weighted by atomic mass is 32.2. The second kappa shape index (κ2) is 5.73. The smallest absolute Gasteiger partial charge is 0.253 e.